The van der Waals surface area contributed by atoms with Crippen molar-refractivity contribution in [3.63, 3.8) is 0 Å². The lowest BCUT2D eigenvalue weighted by molar-refractivity contribution is 0.103. The Kier molecular flexibility index (Phi) is 4.08. The van der Waals surface area contributed by atoms with Crippen LogP contribution in [0.4, 0.5) is 0 Å². The second kappa shape index (κ2) is 5.58. The van der Waals surface area contributed by atoms with Crippen molar-refractivity contribution < 1.29 is 4.79 Å². The van der Waals surface area contributed by atoms with E-state index in [0.717, 1.165) is 18.0 Å². The molecule has 0 aliphatic heterocycles. The molecule has 2 rings (SSSR count). The van der Waals surface area contributed by atoms with Crippen LogP contribution in [0.2, 0.25) is 5.02 Å². The Balaban J connectivity index is 2.42. The zero-order valence-corrected chi connectivity index (χ0v) is 11.8. The van der Waals surface area contributed by atoms with Crippen molar-refractivity contribution in [2.45, 2.75) is 33.2 Å². The first-order valence-electron chi connectivity index (χ1n) is 5.76. The van der Waals surface area contributed by atoms with Crippen molar-refractivity contribution in [2.75, 3.05) is 0 Å². The largest absolute Gasteiger partial charge is 0.286 e. The second-order valence-corrected chi connectivity index (χ2v) is 4.96. The van der Waals surface area contributed by atoms with Gasteiger partial charge in [-0.05, 0) is 24.4 Å². The van der Waals surface area contributed by atoms with Crippen LogP contribution in [-0.4, -0.2) is 25.2 Å². The molecule has 5 nitrogen and oxygen atoms in total. The molecule has 0 aliphatic rings. The predicted molar refractivity (Wildman–Crippen MR) is 70.2 cm³/mol. The number of carbonyl (C=O) groups is 1. The second-order valence-electron chi connectivity index (χ2n) is 3.80. The van der Waals surface area contributed by atoms with Gasteiger partial charge in [0.15, 0.2) is 0 Å². The molecule has 0 aromatic carbocycles. The van der Waals surface area contributed by atoms with E-state index in [9.17, 15) is 4.79 Å². The quantitative estimate of drug-likeness (QED) is 0.792. The predicted octanol–water partition coefficient (Wildman–Crippen LogP) is 2.59. The van der Waals surface area contributed by atoms with Crippen LogP contribution in [0.5, 0.6) is 0 Å². The fourth-order valence-corrected chi connectivity index (χ4v) is 2.61. The van der Waals surface area contributed by atoms with E-state index in [4.69, 9.17) is 11.6 Å². The van der Waals surface area contributed by atoms with Gasteiger partial charge in [-0.25, -0.2) is 0 Å². The third kappa shape index (κ3) is 2.30. The molecule has 2 heterocycles. The first-order chi connectivity index (χ1) is 8.69. The summed E-state index contributed by atoms with van der Waals surface area (Å²) >= 11 is 7.15. The van der Waals surface area contributed by atoms with Gasteiger partial charge in [-0.15, -0.1) is 5.10 Å². The fourth-order valence-electron chi connectivity index (χ4n) is 1.69. The van der Waals surface area contributed by atoms with Gasteiger partial charge >= 0.3 is 0 Å². The van der Waals surface area contributed by atoms with Gasteiger partial charge in [0.1, 0.15) is 10.6 Å². The molecule has 0 unspecified atom stereocenters. The highest BCUT2D eigenvalue weighted by Crippen LogP contribution is 2.22. The SMILES string of the molecule is CCCn1ncc(Cl)c1C(=O)c1snnc1CC. The molecule has 0 bridgehead atoms. The van der Waals surface area contributed by atoms with E-state index in [1.807, 2.05) is 13.8 Å². The zero-order chi connectivity index (χ0) is 13.1. The van der Waals surface area contributed by atoms with Gasteiger partial charge < -0.3 is 0 Å². The van der Waals surface area contributed by atoms with Gasteiger partial charge in [-0.2, -0.15) is 5.10 Å². The summed E-state index contributed by atoms with van der Waals surface area (Å²) in [6.07, 6.45) is 3.07. The Morgan fingerprint density at radius 3 is 2.94 bits per heavy atom. The first kappa shape index (κ1) is 13.2. The first-order valence-corrected chi connectivity index (χ1v) is 6.91. The normalized spacial score (nSPS) is 10.8. The zero-order valence-electron chi connectivity index (χ0n) is 10.2. The van der Waals surface area contributed by atoms with Crippen molar-refractivity contribution in [1.29, 1.82) is 0 Å². The molecule has 0 atom stereocenters. The Hall–Kier alpha value is -1.27. The van der Waals surface area contributed by atoms with E-state index >= 15 is 0 Å². The Morgan fingerprint density at radius 2 is 2.28 bits per heavy atom. The van der Waals surface area contributed by atoms with Crippen molar-refractivity contribution in [3.8, 4) is 0 Å². The number of nitrogens with zero attached hydrogens (tertiary/aromatic N) is 4. The van der Waals surface area contributed by atoms with E-state index in [0.29, 0.717) is 34.3 Å². The summed E-state index contributed by atoms with van der Waals surface area (Å²) in [6, 6.07) is 0. The lowest BCUT2D eigenvalue weighted by atomic mass is 10.2. The minimum Gasteiger partial charge on any atom is -0.286 e. The average molecular weight is 285 g/mol. The molecule has 0 saturated carbocycles. The maximum atomic E-state index is 12.4. The van der Waals surface area contributed by atoms with Gasteiger partial charge in [-0.1, -0.05) is 29.9 Å². The van der Waals surface area contributed by atoms with E-state index in [1.54, 1.807) is 4.68 Å². The van der Waals surface area contributed by atoms with Crippen LogP contribution in [0, 0.1) is 0 Å². The van der Waals surface area contributed by atoms with Crippen LogP contribution in [0.3, 0.4) is 0 Å². The molecule has 2 aromatic heterocycles. The molecule has 0 radical (unpaired) electrons. The third-order valence-electron chi connectivity index (χ3n) is 2.54. The summed E-state index contributed by atoms with van der Waals surface area (Å²) < 4.78 is 5.47. The van der Waals surface area contributed by atoms with Crippen LogP contribution >= 0.6 is 23.1 Å². The molecule has 2 aromatic rings. The molecular formula is C11H13ClN4OS. The van der Waals surface area contributed by atoms with Crippen LogP contribution in [0.25, 0.3) is 0 Å². The molecule has 0 N–H and O–H groups in total. The van der Waals surface area contributed by atoms with E-state index in [-0.39, 0.29) is 5.78 Å². The summed E-state index contributed by atoms with van der Waals surface area (Å²) in [5.74, 6) is -0.141. The van der Waals surface area contributed by atoms with Crippen LogP contribution in [0.1, 0.15) is 41.3 Å². The minimum absolute atomic E-state index is 0.141. The Labute approximate surface area is 114 Å². The number of carbonyl (C=O) groups excluding carboxylic acids is 1. The smallest absolute Gasteiger partial charge is 0.226 e. The Morgan fingerprint density at radius 1 is 1.50 bits per heavy atom. The van der Waals surface area contributed by atoms with Crippen LogP contribution in [0.15, 0.2) is 6.20 Å². The van der Waals surface area contributed by atoms with Gasteiger partial charge in [0.05, 0.1) is 16.9 Å². The fraction of sp³-hybridized carbons (Fsp3) is 0.455. The summed E-state index contributed by atoms with van der Waals surface area (Å²) in [4.78, 5) is 13.0. The minimum atomic E-state index is -0.141. The summed E-state index contributed by atoms with van der Waals surface area (Å²) in [7, 11) is 0. The molecule has 0 saturated heterocycles. The standard InChI is InChI=1S/C11H13ClN4OS/c1-3-5-16-9(7(12)6-13-16)10(17)11-8(4-2)14-15-18-11/h6H,3-5H2,1-2H3. The van der Waals surface area contributed by atoms with Crippen molar-refractivity contribution in [2.24, 2.45) is 0 Å². The van der Waals surface area contributed by atoms with Crippen LogP contribution in [-0.2, 0) is 13.0 Å². The highest BCUT2D eigenvalue weighted by atomic mass is 35.5. The van der Waals surface area contributed by atoms with E-state index < -0.39 is 0 Å². The Bertz CT molecular complexity index is 563. The lowest BCUT2D eigenvalue weighted by Gasteiger charge is -2.04. The molecule has 18 heavy (non-hydrogen) atoms. The van der Waals surface area contributed by atoms with Gasteiger partial charge in [0.25, 0.3) is 0 Å². The molecule has 0 amide bonds. The van der Waals surface area contributed by atoms with Crippen molar-refractivity contribution >= 4 is 28.9 Å². The molecule has 0 fully saturated rings. The average Bonchev–Trinajstić information content (AvgIpc) is 2.96. The van der Waals surface area contributed by atoms with Crippen molar-refractivity contribution in [3.05, 3.63) is 27.5 Å². The van der Waals surface area contributed by atoms with E-state index in [1.165, 1.54) is 6.20 Å². The summed E-state index contributed by atoms with van der Waals surface area (Å²) in [5, 5.41) is 8.44. The number of aryl methyl sites for hydroxylation is 2. The monoisotopic (exact) mass is 284 g/mol. The van der Waals surface area contributed by atoms with E-state index in [2.05, 4.69) is 14.7 Å². The lowest BCUT2D eigenvalue weighted by Crippen LogP contribution is -2.12. The van der Waals surface area contributed by atoms with Gasteiger partial charge in [0.2, 0.25) is 5.78 Å². The summed E-state index contributed by atoms with van der Waals surface area (Å²) in [6.45, 7) is 4.63. The van der Waals surface area contributed by atoms with Crippen molar-refractivity contribution in [1.82, 2.24) is 19.4 Å². The number of halogens is 1. The summed E-state index contributed by atoms with van der Waals surface area (Å²) in [5.41, 5.74) is 1.14. The number of hydrogen-bond donors (Lipinski definition) is 0. The molecule has 7 heteroatoms. The third-order valence-corrected chi connectivity index (χ3v) is 3.59. The molecule has 96 valence electrons. The topological polar surface area (TPSA) is 60.7 Å². The van der Waals surface area contributed by atoms with Gasteiger partial charge in [0, 0.05) is 6.54 Å². The maximum Gasteiger partial charge on any atom is 0.226 e. The molecule has 0 spiro atoms. The number of aromatic nitrogens is 4. The highest BCUT2D eigenvalue weighted by molar-refractivity contribution is 7.08. The number of ketones is 1. The highest BCUT2D eigenvalue weighted by Gasteiger charge is 2.23. The van der Waals surface area contributed by atoms with Crippen LogP contribution < -0.4 is 0 Å². The maximum absolute atomic E-state index is 12.4. The number of hydrogen-bond acceptors (Lipinski definition) is 5. The molecule has 0 aliphatic carbocycles. The van der Waals surface area contributed by atoms with Gasteiger partial charge in [-0.3, -0.25) is 9.48 Å². The molecular weight excluding hydrogens is 272 g/mol. The number of rotatable bonds is 5.